The number of amides is 1. The molecule has 1 aromatic rings. The van der Waals surface area contributed by atoms with E-state index in [1.165, 1.54) is 0 Å². The van der Waals surface area contributed by atoms with Gasteiger partial charge in [0.15, 0.2) is 0 Å². The van der Waals surface area contributed by atoms with Gasteiger partial charge in [-0.15, -0.1) is 0 Å². The molecular formula is C13H19Cl2N3O. The summed E-state index contributed by atoms with van der Waals surface area (Å²) in [5.74, 6) is 0.00829. The number of hydrogen-bond acceptors (Lipinski definition) is 3. The molecule has 1 unspecified atom stereocenters. The summed E-state index contributed by atoms with van der Waals surface area (Å²) in [5, 5.41) is 3.86. The van der Waals surface area contributed by atoms with E-state index in [0.29, 0.717) is 34.5 Å². The van der Waals surface area contributed by atoms with Gasteiger partial charge in [0.1, 0.15) is 6.04 Å². The van der Waals surface area contributed by atoms with Gasteiger partial charge in [0, 0.05) is 18.8 Å². The van der Waals surface area contributed by atoms with Crippen molar-refractivity contribution < 1.29 is 4.79 Å². The molecule has 6 heteroatoms. The van der Waals surface area contributed by atoms with Crippen molar-refractivity contribution >= 4 is 40.5 Å². The van der Waals surface area contributed by atoms with Crippen LogP contribution >= 0.6 is 23.2 Å². The fourth-order valence-corrected chi connectivity index (χ4v) is 2.43. The molecule has 4 nitrogen and oxygen atoms in total. The molecule has 0 fully saturated rings. The van der Waals surface area contributed by atoms with Gasteiger partial charge >= 0.3 is 0 Å². The van der Waals surface area contributed by atoms with Crippen molar-refractivity contribution in [2.45, 2.75) is 26.8 Å². The molecule has 0 saturated heterocycles. The third kappa shape index (κ3) is 3.91. The number of carbonyl (C=O) groups is 1. The first kappa shape index (κ1) is 15.9. The number of nitrogen functional groups attached to an aromatic ring is 1. The van der Waals surface area contributed by atoms with Crippen molar-refractivity contribution in [3.05, 3.63) is 22.2 Å². The minimum atomic E-state index is -0.404. The van der Waals surface area contributed by atoms with Gasteiger partial charge in [-0.1, -0.05) is 23.2 Å². The van der Waals surface area contributed by atoms with E-state index < -0.39 is 6.04 Å². The standard InChI is InChI=1S/C13H19Cl2N3O/c1-4-18(5-2)13(19)8(3)17-12-10(14)6-9(16)7-11(12)15/h6-8,17H,4-5,16H2,1-3H3. The number of nitrogens with one attached hydrogen (secondary N) is 1. The molecule has 3 N–H and O–H groups in total. The van der Waals surface area contributed by atoms with Crippen LogP contribution < -0.4 is 11.1 Å². The van der Waals surface area contributed by atoms with Gasteiger partial charge in [-0.2, -0.15) is 0 Å². The Morgan fingerprint density at radius 2 is 1.79 bits per heavy atom. The molecule has 106 valence electrons. The Kier molecular flexibility index (Phi) is 5.76. The summed E-state index contributed by atoms with van der Waals surface area (Å²) in [5.41, 5.74) is 6.66. The molecule has 0 radical (unpaired) electrons. The Hall–Kier alpha value is -1.13. The predicted molar refractivity (Wildman–Crippen MR) is 81.9 cm³/mol. The minimum Gasteiger partial charge on any atom is -0.399 e. The highest BCUT2D eigenvalue weighted by atomic mass is 35.5. The number of nitrogens with two attached hydrogens (primary N) is 1. The van der Waals surface area contributed by atoms with Gasteiger partial charge in [0.2, 0.25) is 5.91 Å². The van der Waals surface area contributed by atoms with E-state index in [2.05, 4.69) is 5.32 Å². The first-order valence-corrected chi connectivity index (χ1v) is 6.96. The molecule has 19 heavy (non-hydrogen) atoms. The highest BCUT2D eigenvalue weighted by Crippen LogP contribution is 2.33. The predicted octanol–water partition coefficient (Wildman–Crippen LogP) is 3.24. The first-order chi connectivity index (χ1) is 8.90. The number of nitrogens with zero attached hydrogens (tertiary/aromatic N) is 1. The zero-order chi connectivity index (χ0) is 14.6. The van der Waals surface area contributed by atoms with Gasteiger partial charge in [-0.05, 0) is 32.9 Å². The van der Waals surface area contributed by atoms with Crippen LogP contribution in [0.4, 0.5) is 11.4 Å². The highest BCUT2D eigenvalue weighted by molar-refractivity contribution is 6.39. The van der Waals surface area contributed by atoms with Crippen LogP contribution in [0.5, 0.6) is 0 Å². The van der Waals surface area contributed by atoms with E-state index in [1.807, 2.05) is 13.8 Å². The number of hydrogen-bond donors (Lipinski definition) is 2. The van der Waals surface area contributed by atoms with Crippen molar-refractivity contribution in [1.82, 2.24) is 4.90 Å². The molecule has 0 saturated carbocycles. The lowest BCUT2D eigenvalue weighted by Gasteiger charge is -2.24. The Balaban J connectivity index is 2.88. The van der Waals surface area contributed by atoms with Gasteiger partial charge in [0.25, 0.3) is 0 Å². The van der Waals surface area contributed by atoms with Crippen LogP contribution in [0.1, 0.15) is 20.8 Å². The topological polar surface area (TPSA) is 58.4 Å². The second-order valence-electron chi connectivity index (χ2n) is 4.24. The smallest absolute Gasteiger partial charge is 0.244 e. The second kappa shape index (κ2) is 6.87. The number of likely N-dealkylation sites (N-methyl/N-ethyl adjacent to an activating group) is 1. The third-order valence-electron chi connectivity index (χ3n) is 2.87. The van der Waals surface area contributed by atoms with E-state index in [4.69, 9.17) is 28.9 Å². The Bertz CT molecular complexity index is 438. The van der Waals surface area contributed by atoms with Crippen LogP contribution in [-0.4, -0.2) is 29.9 Å². The largest absolute Gasteiger partial charge is 0.399 e. The molecule has 0 aromatic heterocycles. The molecule has 0 spiro atoms. The molecule has 0 aliphatic carbocycles. The summed E-state index contributed by atoms with van der Waals surface area (Å²) in [6.07, 6.45) is 0. The maximum Gasteiger partial charge on any atom is 0.244 e. The summed E-state index contributed by atoms with van der Waals surface area (Å²) >= 11 is 12.2. The third-order valence-corrected chi connectivity index (χ3v) is 3.47. The molecule has 1 aromatic carbocycles. The molecule has 1 amide bonds. The number of benzene rings is 1. The van der Waals surface area contributed by atoms with Crippen LogP contribution in [0.2, 0.25) is 10.0 Å². The summed E-state index contributed by atoms with van der Waals surface area (Å²) in [6.45, 7) is 7.01. The zero-order valence-electron chi connectivity index (χ0n) is 11.3. The van der Waals surface area contributed by atoms with Crippen molar-refractivity contribution in [1.29, 1.82) is 0 Å². The average molecular weight is 304 g/mol. The maximum absolute atomic E-state index is 12.2. The van der Waals surface area contributed by atoms with Crippen molar-refractivity contribution in [3.8, 4) is 0 Å². The van der Waals surface area contributed by atoms with E-state index in [0.717, 1.165) is 0 Å². The maximum atomic E-state index is 12.2. The van der Waals surface area contributed by atoms with Gasteiger partial charge in [0.05, 0.1) is 15.7 Å². The molecule has 1 atom stereocenters. The first-order valence-electron chi connectivity index (χ1n) is 6.20. The number of halogens is 2. The second-order valence-corrected chi connectivity index (χ2v) is 5.05. The van der Waals surface area contributed by atoms with Crippen LogP contribution in [0.15, 0.2) is 12.1 Å². The Labute approximate surface area is 123 Å². The quantitative estimate of drug-likeness (QED) is 0.821. The van der Waals surface area contributed by atoms with Gasteiger partial charge < -0.3 is 16.0 Å². The van der Waals surface area contributed by atoms with Crippen molar-refractivity contribution in [2.24, 2.45) is 0 Å². The van der Waals surface area contributed by atoms with Crippen LogP contribution in [-0.2, 0) is 4.79 Å². The lowest BCUT2D eigenvalue weighted by atomic mass is 10.2. The van der Waals surface area contributed by atoms with Crippen LogP contribution in [0.3, 0.4) is 0 Å². The Morgan fingerprint density at radius 1 is 1.32 bits per heavy atom. The normalized spacial score (nSPS) is 12.1. The summed E-state index contributed by atoms with van der Waals surface area (Å²) in [4.78, 5) is 13.9. The monoisotopic (exact) mass is 303 g/mol. The molecule has 0 aliphatic heterocycles. The summed E-state index contributed by atoms with van der Waals surface area (Å²) in [7, 11) is 0. The van der Waals surface area contributed by atoms with Crippen molar-refractivity contribution in [2.75, 3.05) is 24.1 Å². The number of rotatable bonds is 5. The molecular weight excluding hydrogens is 285 g/mol. The van der Waals surface area contributed by atoms with Gasteiger partial charge in [-0.25, -0.2) is 0 Å². The highest BCUT2D eigenvalue weighted by Gasteiger charge is 2.20. The van der Waals surface area contributed by atoms with Gasteiger partial charge in [-0.3, -0.25) is 4.79 Å². The number of anilines is 2. The molecule has 0 aliphatic rings. The molecule has 1 rings (SSSR count). The SMILES string of the molecule is CCN(CC)C(=O)C(C)Nc1c(Cl)cc(N)cc1Cl. The lowest BCUT2D eigenvalue weighted by molar-refractivity contribution is -0.131. The van der Waals surface area contributed by atoms with E-state index >= 15 is 0 Å². The fourth-order valence-electron chi connectivity index (χ4n) is 1.82. The van der Waals surface area contributed by atoms with E-state index in [1.54, 1.807) is 24.0 Å². The van der Waals surface area contributed by atoms with Crippen molar-refractivity contribution in [3.63, 3.8) is 0 Å². The van der Waals surface area contributed by atoms with Crippen LogP contribution in [0.25, 0.3) is 0 Å². The summed E-state index contributed by atoms with van der Waals surface area (Å²) in [6, 6.07) is 2.80. The Morgan fingerprint density at radius 3 is 2.21 bits per heavy atom. The molecule has 0 heterocycles. The number of carbonyl (C=O) groups excluding carboxylic acids is 1. The summed E-state index contributed by atoms with van der Waals surface area (Å²) < 4.78 is 0. The average Bonchev–Trinajstić information content (AvgIpc) is 2.34. The fraction of sp³-hybridized carbons (Fsp3) is 0.462. The van der Waals surface area contributed by atoms with E-state index in [-0.39, 0.29) is 5.91 Å². The van der Waals surface area contributed by atoms with E-state index in [9.17, 15) is 4.79 Å². The lowest BCUT2D eigenvalue weighted by Crippen LogP contribution is -2.41. The minimum absolute atomic E-state index is 0.00829. The zero-order valence-corrected chi connectivity index (χ0v) is 12.8. The molecule has 0 bridgehead atoms. The van der Waals surface area contributed by atoms with Crippen LogP contribution in [0, 0.1) is 0 Å².